The molecular weight excluding hydrogens is 238 g/mol. The van der Waals surface area contributed by atoms with E-state index in [1.54, 1.807) is 0 Å². The second-order valence-corrected chi connectivity index (χ2v) is 6.36. The normalized spacial score (nSPS) is 24.6. The van der Waals surface area contributed by atoms with Crippen LogP contribution in [0.25, 0.3) is 0 Å². The average Bonchev–Trinajstić information content (AvgIpc) is 2.87. The van der Waals surface area contributed by atoms with Crippen LogP contribution >= 0.6 is 0 Å². The molecule has 2 aliphatic rings. The van der Waals surface area contributed by atoms with E-state index in [9.17, 15) is 5.11 Å². The molecule has 4 heteroatoms. The average molecular weight is 267 g/mol. The largest absolute Gasteiger partial charge is 0.396 e. The number of hydrogen-bond donors (Lipinski definition) is 3. The van der Waals surface area contributed by atoms with Crippen molar-refractivity contribution in [2.45, 2.75) is 70.3 Å². The zero-order valence-corrected chi connectivity index (χ0v) is 12.0. The van der Waals surface area contributed by atoms with Gasteiger partial charge in [0.05, 0.1) is 0 Å². The Bertz CT molecular complexity index is 292. The summed E-state index contributed by atoms with van der Waals surface area (Å²) in [5.74, 6) is 0.608. The summed E-state index contributed by atoms with van der Waals surface area (Å²) in [6.45, 7) is 1.05. The molecule has 4 N–H and O–H groups in total. The van der Waals surface area contributed by atoms with Gasteiger partial charge in [0.1, 0.15) is 0 Å². The Balaban J connectivity index is 1.81. The molecule has 0 heterocycles. The van der Waals surface area contributed by atoms with E-state index in [-0.39, 0.29) is 12.0 Å². The molecular formula is C15H29N3O. The van der Waals surface area contributed by atoms with Gasteiger partial charge in [-0.2, -0.15) is 0 Å². The first-order valence-corrected chi connectivity index (χ1v) is 7.91. The van der Waals surface area contributed by atoms with Crippen molar-refractivity contribution in [1.82, 2.24) is 5.32 Å². The van der Waals surface area contributed by atoms with Crippen molar-refractivity contribution in [1.29, 1.82) is 0 Å². The van der Waals surface area contributed by atoms with Gasteiger partial charge in [0.15, 0.2) is 5.96 Å². The molecule has 0 amide bonds. The standard InChI is InChI=1S/C15H29N3O/c16-14(18-13-6-2-1-3-7-13)17-12-15(10-11-19)8-4-5-9-15/h13,19H,1-12H2,(H3,16,17,18). The number of hydrogen-bond acceptors (Lipinski definition) is 2. The van der Waals surface area contributed by atoms with Crippen LogP contribution in [0, 0.1) is 5.41 Å². The Labute approximate surface area is 116 Å². The van der Waals surface area contributed by atoms with Gasteiger partial charge in [-0.05, 0) is 37.5 Å². The van der Waals surface area contributed by atoms with E-state index < -0.39 is 0 Å². The molecule has 0 aromatic rings. The Morgan fingerprint density at radius 3 is 2.47 bits per heavy atom. The number of guanidine groups is 1. The molecule has 2 saturated carbocycles. The summed E-state index contributed by atoms with van der Waals surface area (Å²) in [5.41, 5.74) is 6.23. The first-order valence-electron chi connectivity index (χ1n) is 7.91. The third-order valence-corrected chi connectivity index (χ3v) is 4.85. The van der Waals surface area contributed by atoms with Crippen LogP contribution in [0.5, 0.6) is 0 Å². The lowest BCUT2D eigenvalue weighted by Gasteiger charge is -2.27. The number of rotatable bonds is 5. The van der Waals surface area contributed by atoms with Crippen LogP contribution in [0.1, 0.15) is 64.2 Å². The van der Waals surface area contributed by atoms with Crippen LogP contribution in [0.4, 0.5) is 0 Å². The van der Waals surface area contributed by atoms with Gasteiger partial charge >= 0.3 is 0 Å². The number of nitrogens with zero attached hydrogens (tertiary/aromatic N) is 1. The molecule has 19 heavy (non-hydrogen) atoms. The number of aliphatic imine (C=N–C) groups is 1. The summed E-state index contributed by atoms with van der Waals surface area (Å²) in [5, 5.41) is 12.6. The van der Waals surface area contributed by atoms with E-state index in [4.69, 9.17) is 5.73 Å². The summed E-state index contributed by atoms with van der Waals surface area (Å²) in [7, 11) is 0. The van der Waals surface area contributed by atoms with E-state index >= 15 is 0 Å². The molecule has 2 fully saturated rings. The Hall–Kier alpha value is -0.770. The molecule has 2 aliphatic carbocycles. The fourth-order valence-corrected chi connectivity index (χ4v) is 3.60. The predicted molar refractivity (Wildman–Crippen MR) is 79.1 cm³/mol. The van der Waals surface area contributed by atoms with Gasteiger partial charge in [0, 0.05) is 19.2 Å². The fourth-order valence-electron chi connectivity index (χ4n) is 3.60. The molecule has 4 nitrogen and oxygen atoms in total. The Morgan fingerprint density at radius 2 is 1.84 bits per heavy atom. The maximum absolute atomic E-state index is 9.22. The third kappa shape index (κ3) is 4.37. The maximum Gasteiger partial charge on any atom is 0.188 e. The van der Waals surface area contributed by atoms with E-state index in [0.717, 1.165) is 13.0 Å². The van der Waals surface area contributed by atoms with Gasteiger partial charge in [0.25, 0.3) is 0 Å². The molecule has 0 unspecified atom stereocenters. The van der Waals surface area contributed by atoms with Crippen molar-refractivity contribution in [2.75, 3.05) is 13.2 Å². The van der Waals surface area contributed by atoms with Crippen molar-refractivity contribution in [3.05, 3.63) is 0 Å². The minimum atomic E-state index is 0.216. The summed E-state index contributed by atoms with van der Waals surface area (Å²) in [6.07, 6.45) is 12.2. The van der Waals surface area contributed by atoms with E-state index in [0.29, 0.717) is 12.0 Å². The molecule has 0 aliphatic heterocycles. The van der Waals surface area contributed by atoms with Crippen LogP contribution in [-0.2, 0) is 0 Å². The predicted octanol–water partition coefficient (Wildman–Crippen LogP) is 2.17. The lowest BCUT2D eigenvalue weighted by atomic mass is 9.83. The van der Waals surface area contributed by atoms with E-state index in [2.05, 4.69) is 10.3 Å². The zero-order valence-electron chi connectivity index (χ0n) is 12.0. The number of aliphatic hydroxyl groups is 1. The third-order valence-electron chi connectivity index (χ3n) is 4.85. The van der Waals surface area contributed by atoms with Crippen LogP contribution in [0.2, 0.25) is 0 Å². The highest BCUT2D eigenvalue weighted by molar-refractivity contribution is 5.78. The fraction of sp³-hybridized carbons (Fsp3) is 0.933. The molecule has 0 aromatic heterocycles. The van der Waals surface area contributed by atoms with Crippen molar-refractivity contribution in [2.24, 2.45) is 16.1 Å². The monoisotopic (exact) mass is 267 g/mol. The molecule has 0 spiro atoms. The molecule has 0 bridgehead atoms. The zero-order chi connectivity index (χ0) is 13.6. The van der Waals surface area contributed by atoms with Crippen molar-refractivity contribution >= 4 is 5.96 Å². The van der Waals surface area contributed by atoms with Crippen molar-refractivity contribution in [3.63, 3.8) is 0 Å². The highest BCUT2D eigenvalue weighted by atomic mass is 16.3. The minimum Gasteiger partial charge on any atom is -0.396 e. The topological polar surface area (TPSA) is 70.6 Å². The summed E-state index contributed by atoms with van der Waals surface area (Å²) < 4.78 is 0. The van der Waals surface area contributed by atoms with Crippen LogP contribution in [0.3, 0.4) is 0 Å². The van der Waals surface area contributed by atoms with Crippen LogP contribution in [-0.4, -0.2) is 30.3 Å². The first kappa shape index (κ1) is 14.6. The SMILES string of the molecule is NC(=NCC1(CCO)CCCC1)NC1CCCCC1. The number of aliphatic hydroxyl groups excluding tert-OH is 1. The second-order valence-electron chi connectivity index (χ2n) is 6.36. The molecule has 0 aromatic carbocycles. The smallest absolute Gasteiger partial charge is 0.188 e. The maximum atomic E-state index is 9.22. The highest BCUT2D eigenvalue weighted by Gasteiger charge is 2.33. The van der Waals surface area contributed by atoms with Gasteiger partial charge < -0.3 is 16.2 Å². The Morgan fingerprint density at radius 1 is 1.16 bits per heavy atom. The molecule has 110 valence electrons. The first-order chi connectivity index (χ1) is 9.24. The van der Waals surface area contributed by atoms with Gasteiger partial charge in [-0.3, -0.25) is 4.99 Å². The van der Waals surface area contributed by atoms with Gasteiger partial charge in [0.2, 0.25) is 0 Å². The number of nitrogens with one attached hydrogen (secondary N) is 1. The molecule has 0 saturated heterocycles. The van der Waals surface area contributed by atoms with E-state index in [1.165, 1.54) is 57.8 Å². The summed E-state index contributed by atoms with van der Waals surface area (Å²) >= 11 is 0. The van der Waals surface area contributed by atoms with Crippen molar-refractivity contribution in [3.8, 4) is 0 Å². The minimum absolute atomic E-state index is 0.216. The molecule has 2 rings (SSSR count). The van der Waals surface area contributed by atoms with Gasteiger partial charge in [-0.15, -0.1) is 0 Å². The molecule has 0 radical (unpaired) electrons. The lowest BCUT2D eigenvalue weighted by Crippen LogP contribution is -2.41. The second kappa shape index (κ2) is 7.13. The van der Waals surface area contributed by atoms with Gasteiger partial charge in [-0.25, -0.2) is 0 Å². The summed E-state index contributed by atoms with van der Waals surface area (Å²) in [6, 6.07) is 0.523. The Kier molecular flexibility index (Phi) is 5.49. The van der Waals surface area contributed by atoms with E-state index in [1.807, 2.05) is 0 Å². The summed E-state index contributed by atoms with van der Waals surface area (Å²) in [4.78, 5) is 4.56. The van der Waals surface area contributed by atoms with Crippen LogP contribution < -0.4 is 11.1 Å². The van der Waals surface area contributed by atoms with Crippen LogP contribution in [0.15, 0.2) is 4.99 Å². The van der Waals surface area contributed by atoms with Crippen molar-refractivity contribution < 1.29 is 5.11 Å². The highest BCUT2D eigenvalue weighted by Crippen LogP contribution is 2.41. The lowest BCUT2D eigenvalue weighted by molar-refractivity contribution is 0.191. The quantitative estimate of drug-likeness (QED) is 0.528. The van der Waals surface area contributed by atoms with Gasteiger partial charge in [-0.1, -0.05) is 32.1 Å². The molecule has 0 atom stereocenters. The number of nitrogens with two attached hydrogens (primary N) is 1.